The molecule has 0 saturated carbocycles. The topological polar surface area (TPSA) is 94.1 Å². The minimum Gasteiger partial charge on any atom is -0.457 e. The van der Waals surface area contributed by atoms with Crippen molar-refractivity contribution in [3.63, 3.8) is 0 Å². The van der Waals surface area contributed by atoms with Crippen molar-refractivity contribution in [1.82, 2.24) is 30.0 Å². The van der Waals surface area contributed by atoms with Crippen LogP contribution in [0.2, 0.25) is 0 Å². The summed E-state index contributed by atoms with van der Waals surface area (Å²) in [5, 5.41) is 8.92. The van der Waals surface area contributed by atoms with Crippen LogP contribution in [-0.4, -0.2) is 63.0 Å². The van der Waals surface area contributed by atoms with E-state index in [-0.39, 0.29) is 0 Å². The van der Waals surface area contributed by atoms with Gasteiger partial charge in [0.05, 0.1) is 11.4 Å². The number of nitrogens with one attached hydrogen (secondary N) is 1. The van der Waals surface area contributed by atoms with Crippen molar-refractivity contribution in [2.45, 2.75) is 37.5 Å². The van der Waals surface area contributed by atoms with Gasteiger partial charge in [-0.15, -0.1) is 0 Å². The van der Waals surface area contributed by atoms with Crippen molar-refractivity contribution >= 4 is 16.9 Å². The Bertz CT molecular complexity index is 1320. The number of halogens is 1. The zero-order valence-corrected chi connectivity index (χ0v) is 20.1. The van der Waals surface area contributed by atoms with Crippen LogP contribution in [0.25, 0.3) is 22.3 Å². The molecule has 2 aliphatic rings. The van der Waals surface area contributed by atoms with Crippen LogP contribution in [0, 0.1) is 0 Å². The van der Waals surface area contributed by atoms with Crippen molar-refractivity contribution < 1.29 is 9.13 Å². The van der Waals surface area contributed by atoms with Gasteiger partial charge in [0.2, 0.25) is 0 Å². The Morgan fingerprint density at radius 2 is 1.69 bits per heavy atom. The molecule has 2 saturated heterocycles. The number of piperidine rings is 2. The molecule has 6 rings (SSSR count). The molecule has 2 aromatic carbocycles. The number of fused-ring (bicyclic) bond motifs is 1. The monoisotopic (exact) mass is 487 g/mol. The fourth-order valence-electron chi connectivity index (χ4n) is 5.43. The Hall–Kier alpha value is -3.56. The number of nitrogens with zero attached hydrogens (tertiary/aromatic N) is 5. The van der Waals surface area contributed by atoms with E-state index in [2.05, 4.69) is 20.2 Å². The molecule has 8 nitrogen and oxygen atoms in total. The minimum absolute atomic E-state index is 0.341. The quantitative estimate of drug-likeness (QED) is 0.436. The third-order valence-electron chi connectivity index (χ3n) is 7.30. The molecule has 4 heterocycles. The Morgan fingerprint density at radius 3 is 2.44 bits per heavy atom. The SMILES string of the molecule is Nc1ncnc2c1c(-c1ccc(Oc3ccccc3)cc1)nn2[C@@H]1CCN(C2CCNCC2)C[C@H]1F. The molecule has 2 aromatic heterocycles. The largest absolute Gasteiger partial charge is 0.457 e. The minimum atomic E-state index is -1.04. The fraction of sp³-hybridized carbons (Fsp3) is 0.370. The predicted octanol–water partition coefficient (Wildman–Crippen LogP) is 4.20. The average Bonchev–Trinajstić information content (AvgIpc) is 3.31. The van der Waals surface area contributed by atoms with Crippen molar-refractivity contribution in [2.24, 2.45) is 0 Å². The van der Waals surface area contributed by atoms with Crippen LogP contribution in [0.15, 0.2) is 60.9 Å². The summed E-state index contributed by atoms with van der Waals surface area (Å²) in [7, 11) is 0. The third kappa shape index (κ3) is 4.40. The number of alkyl halides is 1. The van der Waals surface area contributed by atoms with Crippen molar-refractivity contribution in [3.05, 3.63) is 60.9 Å². The van der Waals surface area contributed by atoms with E-state index < -0.39 is 12.2 Å². The maximum Gasteiger partial charge on any atom is 0.164 e. The molecule has 4 aromatic rings. The number of rotatable bonds is 5. The van der Waals surface area contributed by atoms with Gasteiger partial charge in [0.15, 0.2) is 5.65 Å². The number of nitrogen functional groups attached to an aromatic ring is 1. The standard InChI is InChI=1S/C27H30FN7O/c28-22-16-34(19-10-13-30-14-11-19)15-12-23(22)35-27-24(26(29)31-17-32-27)25(33-35)18-6-8-21(9-7-18)36-20-4-2-1-3-5-20/h1-9,17,19,22-23,30H,10-16H2,(H2,29,31,32)/t22-,23-/m1/s1. The average molecular weight is 488 g/mol. The van der Waals surface area contributed by atoms with Crippen LogP contribution >= 0.6 is 0 Å². The third-order valence-corrected chi connectivity index (χ3v) is 7.30. The van der Waals surface area contributed by atoms with Gasteiger partial charge in [-0.3, -0.25) is 4.90 Å². The first-order chi connectivity index (χ1) is 17.7. The van der Waals surface area contributed by atoms with Gasteiger partial charge in [-0.05, 0) is 68.8 Å². The van der Waals surface area contributed by atoms with Crippen LogP contribution in [0.4, 0.5) is 10.2 Å². The summed E-state index contributed by atoms with van der Waals surface area (Å²) >= 11 is 0. The Kier molecular flexibility index (Phi) is 6.25. The molecule has 2 atom stereocenters. The summed E-state index contributed by atoms with van der Waals surface area (Å²) in [5.74, 6) is 1.82. The predicted molar refractivity (Wildman–Crippen MR) is 138 cm³/mol. The van der Waals surface area contributed by atoms with Crippen LogP contribution in [-0.2, 0) is 0 Å². The normalized spacial score (nSPS) is 21.6. The van der Waals surface area contributed by atoms with Crippen LogP contribution < -0.4 is 15.8 Å². The lowest BCUT2D eigenvalue weighted by atomic mass is 9.97. The van der Waals surface area contributed by atoms with E-state index in [9.17, 15) is 0 Å². The summed E-state index contributed by atoms with van der Waals surface area (Å²) < 4.78 is 23.3. The van der Waals surface area contributed by atoms with Gasteiger partial charge in [-0.2, -0.15) is 5.10 Å². The number of hydrogen-bond donors (Lipinski definition) is 2. The van der Waals surface area contributed by atoms with E-state index >= 15 is 4.39 Å². The van der Waals surface area contributed by atoms with Crippen LogP contribution in [0.3, 0.4) is 0 Å². The second-order valence-corrected chi connectivity index (χ2v) is 9.54. The second kappa shape index (κ2) is 9.83. The molecule has 0 spiro atoms. The van der Waals surface area contributed by atoms with E-state index in [4.69, 9.17) is 15.6 Å². The second-order valence-electron chi connectivity index (χ2n) is 9.54. The van der Waals surface area contributed by atoms with E-state index in [0.717, 1.165) is 43.8 Å². The highest BCUT2D eigenvalue weighted by molar-refractivity contribution is 5.98. The van der Waals surface area contributed by atoms with Crippen molar-refractivity contribution in [1.29, 1.82) is 0 Å². The zero-order chi connectivity index (χ0) is 24.5. The number of nitrogens with two attached hydrogens (primary N) is 1. The maximum absolute atomic E-state index is 15.6. The van der Waals surface area contributed by atoms with E-state index in [1.54, 1.807) is 4.68 Å². The lowest BCUT2D eigenvalue weighted by Crippen LogP contribution is -2.50. The van der Waals surface area contributed by atoms with Gasteiger partial charge in [0.1, 0.15) is 35.5 Å². The van der Waals surface area contributed by atoms with E-state index in [1.165, 1.54) is 6.33 Å². The van der Waals surface area contributed by atoms with Crippen LogP contribution in [0.1, 0.15) is 25.3 Å². The summed E-state index contributed by atoms with van der Waals surface area (Å²) in [6, 6.07) is 17.3. The fourth-order valence-corrected chi connectivity index (χ4v) is 5.43. The summed E-state index contributed by atoms with van der Waals surface area (Å²) in [6.07, 6.45) is 3.20. The molecular weight excluding hydrogens is 457 g/mol. The van der Waals surface area contributed by atoms with Crippen LogP contribution in [0.5, 0.6) is 11.5 Å². The Labute approximate surface area is 209 Å². The van der Waals surface area contributed by atoms with Crippen molar-refractivity contribution in [2.75, 3.05) is 31.9 Å². The number of benzene rings is 2. The Morgan fingerprint density at radius 1 is 0.944 bits per heavy atom. The lowest BCUT2D eigenvalue weighted by Gasteiger charge is -2.41. The molecule has 186 valence electrons. The first-order valence-corrected chi connectivity index (χ1v) is 12.6. The number of para-hydroxylation sites is 1. The molecule has 36 heavy (non-hydrogen) atoms. The highest BCUT2D eigenvalue weighted by Crippen LogP contribution is 2.36. The van der Waals surface area contributed by atoms with Gasteiger partial charge in [-0.25, -0.2) is 19.0 Å². The summed E-state index contributed by atoms with van der Waals surface area (Å²) in [5.41, 5.74) is 8.37. The zero-order valence-electron chi connectivity index (χ0n) is 20.1. The summed E-state index contributed by atoms with van der Waals surface area (Å²) in [6.45, 7) is 3.26. The van der Waals surface area contributed by atoms with Gasteiger partial charge < -0.3 is 15.8 Å². The van der Waals surface area contributed by atoms with Gasteiger partial charge >= 0.3 is 0 Å². The molecule has 0 bridgehead atoms. The number of likely N-dealkylation sites (tertiary alicyclic amines) is 1. The molecule has 2 fully saturated rings. The molecule has 0 radical (unpaired) electrons. The van der Waals surface area contributed by atoms with Gasteiger partial charge in [-0.1, -0.05) is 18.2 Å². The molecule has 0 unspecified atom stereocenters. The molecule has 2 aliphatic heterocycles. The van der Waals surface area contributed by atoms with E-state index in [1.807, 2.05) is 54.6 Å². The van der Waals surface area contributed by atoms with Gasteiger partial charge in [0, 0.05) is 24.7 Å². The molecule has 9 heteroatoms. The van der Waals surface area contributed by atoms with Crippen molar-refractivity contribution in [3.8, 4) is 22.8 Å². The highest BCUT2D eigenvalue weighted by atomic mass is 19.1. The Balaban J connectivity index is 1.29. The van der Waals surface area contributed by atoms with E-state index in [0.29, 0.717) is 47.3 Å². The number of hydrogen-bond acceptors (Lipinski definition) is 7. The molecule has 0 aliphatic carbocycles. The lowest BCUT2D eigenvalue weighted by molar-refractivity contribution is 0.0472. The number of ether oxygens (including phenoxy) is 1. The van der Waals surface area contributed by atoms with Gasteiger partial charge in [0.25, 0.3) is 0 Å². The molecule has 3 N–H and O–H groups in total. The maximum atomic E-state index is 15.6. The smallest absolute Gasteiger partial charge is 0.164 e. The highest BCUT2D eigenvalue weighted by Gasteiger charge is 2.36. The first kappa shape index (κ1) is 22.9. The molecular formula is C27H30FN7O. The number of aromatic nitrogens is 4. The number of anilines is 1. The first-order valence-electron chi connectivity index (χ1n) is 12.6. The summed E-state index contributed by atoms with van der Waals surface area (Å²) in [4.78, 5) is 11.0. The molecule has 0 amide bonds.